The zero-order valence-corrected chi connectivity index (χ0v) is 8.28. The average molecular weight is 225 g/mol. The Morgan fingerprint density at radius 1 is 0.733 bits per heavy atom. The van der Waals surface area contributed by atoms with Crippen LogP contribution in [0.25, 0.3) is 0 Å². The first-order chi connectivity index (χ1) is 7.41. The zero-order valence-electron chi connectivity index (χ0n) is 8.28. The molecule has 0 unspecified atom stereocenters. The number of nitrogens with two attached hydrogens (primary N) is 1. The third kappa shape index (κ3) is 13.5. The van der Waals surface area contributed by atoms with E-state index >= 15 is 0 Å². The lowest BCUT2D eigenvalue weighted by Gasteiger charge is -2.12. The smallest absolute Gasteiger partial charge is 0.0748 e. The summed E-state index contributed by atoms with van der Waals surface area (Å²) < 4.78 is 0. The van der Waals surface area contributed by atoms with Gasteiger partial charge in [-0.15, -0.1) is 0 Å². The lowest BCUT2D eigenvalue weighted by Crippen LogP contribution is -2.64. The number of hydrogen-bond donors (Lipinski definition) is 13. The normalized spacial score (nSPS) is 10.8. The molecule has 0 aromatic heterocycles. The molecule has 92 valence electrons. The minimum atomic E-state index is 0.422. The molecule has 0 heterocycles. The molecule has 13 heteroatoms. The first-order valence-corrected chi connectivity index (χ1v) is 4.00. The second kappa shape index (κ2) is 13.5. The molecule has 0 amide bonds. The number of nitrogens with one attached hydrogen (secondary N) is 12. The molecule has 0 saturated carbocycles. The van der Waals surface area contributed by atoms with Crippen LogP contribution in [0.15, 0.2) is 0 Å². The summed E-state index contributed by atoms with van der Waals surface area (Å²) in [5.41, 5.74) is 30.5. The SMILES string of the molecule is CNNNNNNNNCNNNNN. The Hall–Kier alpha value is -0.520. The van der Waals surface area contributed by atoms with Gasteiger partial charge in [0, 0.05) is 0 Å². The van der Waals surface area contributed by atoms with Crippen LogP contribution in [0, 0.1) is 0 Å². The fraction of sp³-hybridized carbons (Fsp3) is 1.00. The molecule has 0 bridgehead atoms. The molecule has 0 aliphatic rings. The van der Waals surface area contributed by atoms with Crippen molar-refractivity contribution in [2.45, 2.75) is 0 Å². The van der Waals surface area contributed by atoms with Crippen molar-refractivity contribution in [2.75, 3.05) is 13.7 Å². The average Bonchev–Trinajstić information content (AvgIpc) is 2.26. The summed E-state index contributed by atoms with van der Waals surface area (Å²) in [6, 6.07) is 0. The van der Waals surface area contributed by atoms with Gasteiger partial charge < -0.3 is 0 Å². The van der Waals surface area contributed by atoms with E-state index in [0.717, 1.165) is 0 Å². The standard InChI is InChI=1S/C2H19N13/c1-4-8-12-14-15-13-10-6-2-5-9-11-7-3/h4-15H,2-3H2,1H3. The van der Waals surface area contributed by atoms with Crippen molar-refractivity contribution in [1.29, 1.82) is 0 Å². The Morgan fingerprint density at radius 2 is 1.27 bits per heavy atom. The van der Waals surface area contributed by atoms with Crippen LogP contribution < -0.4 is 71.9 Å². The van der Waals surface area contributed by atoms with E-state index in [4.69, 9.17) is 5.84 Å². The molecular weight excluding hydrogens is 206 g/mol. The van der Waals surface area contributed by atoms with E-state index in [1.807, 2.05) is 0 Å². The second-order valence-corrected chi connectivity index (χ2v) is 1.92. The van der Waals surface area contributed by atoms with Gasteiger partial charge in [0.2, 0.25) is 0 Å². The maximum atomic E-state index is 4.90. The molecule has 0 aliphatic carbocycles. The lowest BCUT2D eigenvalue weighted by atomic mass is 11.2. The van der Waals surface area contributed by atoms with E-state index in [2.05, 4.69) is 66.1 Å². The zero-order chi connectivity index (χ0) is 11.2. The topological polar surface area (TPSA) is 170 Å². The van der Waals surface area contributed by atoms with Gasteiger partial charge in [-0.05, 0) is 7.05 Å². The fourth-order valence-electron chi connectivity index (χ4n) is 0.445. The van der Waals surface area contributed by atoms with E-state index in [1.165, 1.54) is 0 Å². The Bertz CT molecular complexity index is 92.7. The largest absolute Gasteiger partial charge is 0.257 e. The monoisotopic (exact) mass is 225 g/mol. The molecular formula is C2H19N13. The Labute approximate surface area is 86.7 Å². The molecule has 14 N–H and O–H groups in total. The van der Waals surface area contributed by atoms with E-state index in [-0.39, 0.29) is 0 Å². The second-order valence-electron chi connectivity index (χ2n) is 1.92. The minimum absolute atomic E-state index is 0.422. The predicted octanol–water partition coefficient (Wildman–Crippen LogP) is -6.33. The van der Waals surface area contributed by atoms with Crippen molar-refractivity contribution in [2.24, 2.45) is 5.84 Å². The first-order valence-electron chi connectivity index (χ1n) is 4.00. The molecule has 0 aliphatic heterocycles. The summed E-state index contributed by atoms with van der Waals surface area (Å²) >= 11 is 0. The van der Waals surface area contributed by atoms with Crippen LogP contribution in [-0.2, 0) is 0 Å². The van der Waals surface area contributed by atoms with Crippen molar-refractivity contribution in [3.8, 4) is 0 Å². The summed E-state index contributed by atoms with van der Waals surface area (Å²) in [6.45, 7) is 0.422. The highest BCUT2D eigenvalue weighted by atomic mass is 15.9. The summed E-state index contributed by atoms with van der Waals surface area (Å²) in [7, 11) is 1.71. The van der Waals surface area contributed by atoms with Gasteiger partial charge in [0.15, 0.2) is 0 Å². The van der Waals surface area contributed by atoms with Crippen molar-refractivity contribution in [3.05, 3.63) is 0 Å². The van der Waals surface area contributed by atoms with Crippen molar-refractivity contribution in [1.82, 2.24) is 66.1 Å². The van der Waals surface area contributed by atoms with Crippen LogP contribution in [0.3, 0.4) is 0 Å². The number of hydrazine groups is 11. The molecule has 0 spiro atoms. The van der Waals surface area contributed by atoms with Crippen LogP contribution in [0.4, 0.5) is 0 Å². The summed E-state index contributed by atoms with van der Waals surface area (Å²) in [5.74, 6) is 4.90. The van der Waals surface area contributed by atoms with Crippen molar-refractivity contribution >= 4 is 0 Å². The van der Waals surface area contributed by atoms with Crippen LogP contribution >= 0.6 is 0 Å². The molecule has 0 aromatic carbocycles. The summed E-state index contributed by atoms with van der Waals surface area (Å²) in [5, 5.41) is 0. The van der Waals surface area contributed by atoms with E-state index in [1.54, 1.807) is 7.05 Å². The third-order valence-electron chi connectivity index (χ3n) is 0.926. The van der Waals surface area contributed by atoms with Gasteiger partial charge in [-0.1, -0.05) is 0 Å². The third-order valence-corrected chi connectivity index (χ3v) is 0.926. The van der Waals surface area contributed by atoms with Gasteiger partial charge >= 0.3 is 0 Å². The van der Waals surface area contributed by atoms with Gasteiger partial charge in [-0.3, -0.25) is 5.84 Å². The maximum absolute atomic E-state index is 4.90. The number of rotatable bonds is 12. The summed E-state index contributed by atoms with van der Waals surface area (Å²) in [6.07, 6.45) is 0. The van der Waals surface area contributed by atoms with Gasteiger partial charge in [0.1, 0.15) is 0 Å². The van der Waals surface area contributed by atoms with Gasteiger partial charge in [-0.25, -0.2) is 16.3 Å². The highest BCUT2D eigenvalue weighted by Crippen LogP contribution is 1.35. The minimum Gasteiger partial charge on any atom is -0.257 e. The van der Waals surface area contributed by atoms with Crippen molar-refractivity contribution in [3.63, 3.8) is 0 Å². The molecule has 0 atom stereocenters. The fourth-order valence-corrected chi connectivity index (χ4v) is 0.445. The maximum Gasteiger partial charge on any atom is 0.0748 e. The van der Waals surface area contributed by atoms with Crippen LogP contribution in [-0.4, -0.2) is 13.7 Å². The first kappa shape index (κ1) is 14.5. The van der Waals surface area contributed by atoms with Gasteiger partial charge in [0.05, 0.1) is 6.67 Å². The molecule has 0 aromatic rings. The van der Waals surface area contributed by atoms with Gasteiger partial charge in [0.25, 0.3) is 0 Å². The van der Waals surface area contributed by atoms with E-state index in [0.29, 0.717) is 6.67 Å². The highest BCUT2D eigenvalue weighted by Gasteiger charge is 1.82. The Balaban J connectivity index is 2.81. The molecule has 0 rings (SSSR count). The molecule has 13 nitrogen and oxygen atoms in total. The van der Waals surface area contributed by atoms with E-state index in [9.17, 15) is 0 Å². The molecule has 0 saturated heterocycles. The van der Waals surface area contributed by atoms with E-state index < -0.39 is 0 Å². The number of hydrogen-bond acceptors (Lipinski definition) is 13. The molecule has 0 fully saturated rings. The van der Waals surface area contributed by atoms with Crippen LogP contribution in [0.2, 0.25) is 0 Å². The van der Waals surface area contributed by atoms with Crippen LogP contribution in [0.5, 0.6) is 0 Å². The summed E-state index contributed by atoms with van der Waals surface area (Å²) in [4.78, 5) is 0. The Morgan fingerprint density at radius 3 is 1.87 bits per heavy atom. The molecule has 15 heavy (non-hydrogen) atoms. The van der Waals surface area contributed by atoms with Gasteiger partial charge in [-0.2, -0.15) is 49.8 Å². The molecule has 0 radical (unpaired) electrons. The Kier molecular flexibility index (Phi) is 13.0. The van der Waals surface area contributed by atoms with Crippen LogP contribution in [0.1, 0.15) is 0 Å². The predicted molar refractivity (Wildman–Crippen MR) is 52.6 cm³/mol. The lowest BCUT2D eigenvalue weighted by molar-refractivity contribution is 0.251. The van der Waals surface area contributed by atoms with Crippen molar-refractivity contribution < 1.29 is 0 Å². The highest BCUT2D eigenvalue weighted by molar-refractivity contribution is 4.26. The quantitative estimate of drug-likeness (QED) is 0.0655.